The predicted octanol–water partition coefficient (Wildman–Crippen LogP) is 4.72. The number of benzene rings is 2. The number of ketones is 1. The number of nitrogens with zero attached hydrogens (tertiary/aromatic N) is 1. The number of halogens is 3. The standard InChI is InChI=1S/C18H13ClF2N2O3/c1-25-16-8-10(3-7-15(16)26-18(20)21)2-6-14(24)17-22-12-5-4-11(19)9-13(12)23-17/h2-9,18H,1H3,(H,22,23)/b6-2+. The number of allylic oxidation sites excluding steroid dienone is 1. The van der Waals surface area contributed by atoms with Crippen molar-refractivity contribution in [2.75, 3.05) is 7.11 Å². The van der Waals surface area contributed by atoms with Gasteiger partial charge in [-0.05, 0) is 42.0 Å². The number of carbonyl (C=O) groups excluding carboxylic acids is 1. The van der Waals surface area contributed by atoms with Gasteiger partial charge in [-0.15, -0.1) is 0 Å². The Labute approximate surface area is 152 Å². The highest BCUT2D eigenvalue weighted by Crippen LogP contribution is 2.30. The molecule has 0 aliphatic rings. The second kappa shape index (κ2) is 7.53. The van der Waals surface area contributed by atoms with Crippen LogP contribution >= 0.6 is 11.6 Å². The van der Waals surface area contributed by atoms with Crippen molar-refractivity contribution >= 4 is 34.5 Å². The van der Waals surface area contributed by atoms with Gasteiger partial charge in [0, 0.05) is 5.02 Å². The number of methoxy groups -OCH3 is 1. The molecule has 0 aliphatic heterocycles. The summed E-state index contributed by atoms with van der Waals surface area (Å²) in [5.41, 5.74) is 1.86. The third-order valence-corrected chi connectivity index (χ3v) is 3.74. The van der Waals surface area contributed by atoms with Crippen LogP contribution in [-0.2, 0) is 0 Å². The van der Waals surface area contributed by atoms with Crippen molar-refractivity contribution in [2.24, 2.45) is 0 Å². The first-order valence-electron chi connectivity index (χ1n) is 7.47. The minimum Gasteiger partial charge on any atom is -0.493 e. The maximum absolute atomic E-state index is 12.3. The summed E-state index contributed by atoms with van der Waals surface area (Å²) < 4.78 is 34.0. The molecule has 0 bridgehead atoms. The summed E-state index contributed by atoms with van der Waals surface area (Å²) in [5, 5.41) is 0.536. The lowest BCUT2D eigenvalue weighted by Gasteiger charge is -2.10. The Morgan fingerprint density at radius 2 is 2.04 bits per heavy atom. The molecule has 134 valence electrons. The van der Waals surface area contributed by atoms with Gasteiger partial charge in [-0.3, -0.25) is 4.79 Å². The van der Waals surface area contributed by atoms with Crippen molar-refractivity contribution in [3.05, 3.63) is 58.9 Å². The van der Waals surface area contributed by atoms with Crippen molar-refractivity contribution in [2.45, 2.75) is 6.61 Å². The molecule has 2 aromatic carbocycles. The number of aromatic nitrogens is 2. The van der Waals surface area contributed by atoms with Gasteiger partial charge in [0.15, 0.2) is 17.3 Å². The molecule has 0 spiro atoms. The van der Waals surface area contributed by atoms with Gasteiger partial charge in [-0.1, -0.05) is 23.7 Å². The number of imidazole rings is 1. The molecule has 0 unspecified atom stereocenters. The zero-order valence-electron chi connectivity index (χ0n) is 13.5. The fourth-order valence-electron chi connectivity index (χ4n) is 2.33. The second-order valence-electron chi connectivity index (χ2n) is 5.23. The number of hydrogen-bond acceptors (Lipinski definition) is 4. The topological polar surface area (TPSA) is 64.2 Å². The zero-order chi connectivity index (χ0) is 18.7. The SMILES string of the molecule is COc1cc(/C=C/C(=O)c2nc3ccc(Cl)cc3[nH]2)ccc1OC(F)F. The smallest absolute Gasteiger partial charge is 0.387 e. The number of aromatic amines is 1. The third kappa shape index (κ3) is 4.00. The quantitative estimate of drug-likeness (QED) is 0.498. The van der Waals surface area contributed by atoms with Crippen LogP contribution in [0.25, 0.3) is 17.1 Å². The average molecular weight is 379 g/mol. The number of nitrogens with one attached hydrogen (secondary N) is 1. The maximum atomic E-state index is 12.3. The third-order valence-electron chi connectivity index (χ3n) is 3.51. The number of ether oxygens (including phenoxy) is 2. The normalized spacial score (nSPS) is 11.4. The molecule has 0 saturated heterocycles. The predicted molar refractivity (Wildman–Crippen MR) is 94.1 cm³/mol. The van der Waals surface area contributed by atoms with Gasteiger partial charge in [-0.25, -0.2) is 4.98 Å². The van der Waals surface area contributed by atoms with Crippen molar-refractivity contribution < 1.29 is 23.0 Å². The average Bonchev–Trinajstić information content (AvgIpc) is 3.03. The van der Waals surface area contributed by atoms with E-state index in [0.29, 0.717) is 21.6 Å². The molecular formula is C18H13ClF2N2O3. The van der Waals surface area contributed by atoms with Crippen LogP contribution < -0.4 is 9.47 Å². The van der Waals surface area contributed by atoms with E-state index in [0.717, 1.165) is 0 Å². The van der Waals surface area contributed by atoms with Crippen LogP contribution in [-0.4, -0.2) is 29.5 Å². The lowest BCUT2D eigenvalue weighted by molar-refractivity contribution is -0.0512. The fraction of sp³-hybridized carbons (Fsp3) is 0.111. The van der Waals surface area contributed by atoms with Crippen LogP contribution in [0.4, 0.5) is 8.78 Å². The second-order valence-corrected chi connectivity index (χ2v) is 5.67. The van der Waals surface area contributed by atoms with Gasteiger partial charge in [0.1, 0.15) is 0 Å². The summed E-state index contributed by atoms with van der Waals surface area (Å²) in [5.74, 6) is -0.120. The van der Waals surface area contributed by atoms with Gasteiger partial charge in [0.05, 0.1) is 18.1 Å². The zero-order valence-corrected chi connectivity index (χ0v) is 14.3. The molecule has 0 atom stereocenters. The van der Waals surface area contributed by atoms with E-state index in [4.69, 9.17) is 16.3 Å². The molecule has 0 fully saturated rings. The molecule has 5 nitrogen and oxygen atoms in total. The number of alkyl halides is 2. The van der Waals surface area contributed by atoms with Crippen molar-refractivity contribution in [3.63, 3.8) is 0 Å². The summed E-state index contributed by atoms with van der Waals surface area (Å²) in [6.45, 7) is -2.95. The highest BCUT2D eigenvalue weighted by atomic mass is 35.5. The summed E-state index contributed by atoms with van der Waals surface area (Å²) in [4.78, 5) is 19.4. The Balaban J connectivity index is 1.80. The van der Waals surface area contributed by atoms with E-state index in [9.17, 15) is 13.6 Å². The molecule has 3 rings (SSSR count). The first kappa shape index (κ1) is 17.9. The van der Waals surface area contributed by atoms with E-state index in [1.165, 1.54) is 37.5 Å². The number of fused-ring (bicyclic) bond motifs is 1. The van der Waals surface area contributed by atoms with Crippen molar-refractivity contribution in [1.82, 2.24) is 9.97 Å². The lowest BCUT2D eigenvalue weighted by atomic mass is 10.1. The Morgan fingerprint density at radius 3 is 2.77 bits per heavy atom. The molecule has 1 N–H and O–H groups in total. The van der Waals surface area contributed by atoms with Crippen LogP contribution in [0.2, 0.25) is 5.02 Å². The summed E-state index contributed by atoms with van der Waals surface area (Å²) in [6.07, 6.45) is 2.85. The van der Waals surface area contributed by atoms with Gasteiger partial charge in [-0.2, -0.15) is 8.78 Å². The molecule has 0 saturated carbocycles. The molecule has 0 amide bonds. The summed E-state index contributed by atoms with van der Waals surface area (Å²) >= 11 is 5.91. The van der Waals surface area contributed by atoms with E-state index in [1.807, 2.05) is 0 Å². The van der Waals surface area contributed by atoms with Gasteiger partial charge in [0.2, 0.25) is 5.78 Å². The molecule has 1 aromatic heterocycles. The first-order chi connectivity index (χ1) is 12.5. The molecule has 3 aromatic rings. The molecule has 0 aliphatic carbocycles. The van der Waals surface area contributed by atoms with Gasteiger partial charge in [0.25, 0.3) is 0 Å². The Kier molecular flexibility index (Phi) is 5.18. The van der Waals surface area contributed by atoms with Gasteiger partial charge < -0.3 is 14.5 Å². The van der Waals surface area contributed by atoms with E-state index in [-0.39, 0.29) is 23.1 Å². The molecule has 26 heavy (non-hydrogen) atoms. The Bertz CT molecular complexity index is 986. The number of hydrogen-bond donors (Lipinski definition) is 1. The first-order valence-corrected chi connectivity index (χ1v) is 7.84. The molecule has 8 heteroatoms. The van der Waals surface area contributed by atoms with Crippen molar-refractivity contribution in [1.29, 1.82) is 0 Å². The van der Waals surface area contributed by atoms with E-state index in [2.05, 4.69) is 14.7 Å². The number of carbonyl (C=O) groups is 1. The summed E-state index contributed by atoms with van der Waals surface area (Å²) in [7, 11) is 1.34. The Morgan fingerprint density at radius 1 is 1.23 bits per heavy atom. The van der Waals surface area contributed by atoms with Gasteiger partial charge >= 0.3 is 6.61 Å². The highest BCUT2D eigenvalue weighted by molar-refractivity contribution is 6.31. The molecule has 1 heterocycles. The van der Waals surface area contributed by atoms with Crippen molar-refractivity contribution in [3.8, 4) is 11.5 Å². The number of H-pyrrole nitrogens is 1. The van der Waals surface area contributed by atoms with E-state index in [1.54, 1.807) is 18.2 Å². The molecule has 0 radical (unpaired) electrons. The highest BCUT2D eigenvalue weighted by Gasteiger charge is 2.11. The molecular weight excluding hydrogens is 366 g/mol. The fourth-order valence-corrected chi connectivity index (χ4v) is 2.50. The Hall–Kier alpha value is -2.93. The van der Waals surface area contributed by atoms with Crippen LogP contribution in [0.15, 0.2) is 42.5 Å². The largest absolute Gasteiger partial charge is 0.493 e. The van der Waals surface area contributed by atoms with Crippen LogP contribution in [0.5, 0.6) is 11.5 Å². The van der Waals surface area contributed by atoms with E-state index < -0.39 is 6.61 Å². The van der Waals surface area contributed by atoms with Crippen LogP contribution in [0.3, 0.4) is 0 Å². The minimum atomic E-state index is -2.95. The number of rotatable bonds is 6. The summed E-state index contributed by atoms with van der Waals surface area (Å²) in [6, 6.07) is 9.43. The van der Waals surface area contributed by atoms with Crippen LogP contribution in [0.1, 0.15) is 16.2 Å². The maximum Gasteiger partial charge on any atom is 0.387 e. The lowest BCUT2D eigenvalue weighted by Crippen LogP contribution is -2.03. The monoisotopic (exact) mass is 378 g/mol. The van der Waals surface area contributed by atoms with Crippen LogP contribution in [0, 0.1) is 0 Å². The van der Waals surface area contributed by atoms with E-state index >= 15 is 0 Å². The minimum absolute atomic E-state index is 0.0832.